The summed E-state index contributed by atoms with van der Waals surface area (Å²) in [4.78, 5) is 18.6. The summed E-state index contributed by atoms with van der Waals surface area (Å²) in [5, 5.41) is 5.56. The van der Waals surface area contributed by atoms with E-state index in [1.54, 1.807) is 10.9 Å². The Morgan fingerprint density at radius 2 is 1.96 bits per heavy atom. The molecule has 7 nitrogen and oxygen atoms in total. The Morgan fingerprint density at radius 1 is 1.11 bits per heavy atom. The Bertz CT molecular complexity index is 1110. The molecule has 3 aromatic rings. The molecule has 136 valence electrons. The first-order valence-corrected chi connectivity index (χ1v) is 9.99. The molecule has 27 heavy (non-hydrogen) atoms. The Balaban J connectivity index is 1.53. The average Bonchev–Trinajstić information content (AvgIpc) is 3.41. The summed E-state index contributed by atoms with van der Waals surface area (Å²) in [7, 11) is -1.58. The molecule has 1 unspecified atom stereocenters. The van der Waals surface area contributed by atoms with Gasteiger partial charge in [-0.25, -0.2) is 13.9 Å². The van der Waals surface area contributed by atoms with Crippen LogP contribution in [0.4, 0.5) is 5.82 Å². The number of hydrogen-bond donors (Lipinski definition) is 1. The lowest BCUT2D eigenvalue weighted by atomic mass is 10.1. The molecule has 1 fully saturated rings. The summed E-state index contributed by atoms with van der Waals surface area (Å²) in [5.74, 6) is 0.642. The zero-order valence-corrected chi connectivity index (χ0v) is 15.3. The summed E-state index contributed by atoms with van der Waals surface area (Å²) < 4.78 is 15.9. The molecule has 0 radical (unpaired) electrons. The molecule has 0 aliphatic carbocycles. The van der Waals surface area contributed by atoms with Crippen LogP contribution in [-0.4, -0.2) is 38.0 Å². The zero-order valence-electron chi connectivity index (χ0n) is 14.5. The van der Waals surface area contributed by atoms with E-state index in [1.165, 1.54) is 18.9 Å². The molecule has 5 rings (SSSR count). The van der Waals surface area contributed by atoms with Crippen molar-refractivity contribution in [3.8, 4) is 11.3 Å². The lowest BCUT2D eigenvalue weighted by Gasteiger charge is -2.17. The van der Waals surface area contributed by atoms with Crippen molar-refractivity contribution in [1.82, 2.24) is 19.5 Å². The normalized spacial score (nSPS) is 19.6. The molecule has 8 heteroatoms. The number of carbonyl (C=O) groups excluding carboxylic acids is 1. The number of pyridine rings is 1. The van der Waals surface area contributed by atoms with Crippen molar-refractivity contribution in [1.29, 1.82) is 0 Å². The van der Waals surface area contributed by atoms with Crippen LogP contribution in [0.3, 0.4) is 0 Å². The number of benzene rings is 1. The van der Waals surface area contributed by atoms with Gasteiger partial charge in [0, 0.05) is 30.1 Å². The van der Waals surface area contributed by atoms with E-state index in [4.69, 9.17) is 4.98 Å². The number of nitrogens with zero attached hydrogens (tertiary/aromatic N) is 4. The average molecular weight is 379 g/mol. The minimum Gasteiger partial charge on any atom is -0.357 e. The van der Waals surface area contributed by atoms with Gasteiger partial charge in [-0.05, 0) is 37.1 Å². The highest BCUT2D eigenvalue weighted by atomic mass is 32.2. The fourth-order valence-corrected chi connectivity index (χ4v) is 4.42. The number of carbonyl (C=O) groups is 1. The number of anilines is 1. The van der Waals surface area contributed by atoms with Crippen molar-refractivity contribution in [2.24, 2.45) is 0 Å². The van der Waals surface area contributed by atoms with Crippen LogP contribution in [0, 0.1) is 0 Å². The number of fused-ring (bicyclic) bond motifs is 1. The van der Waals surface area contributed by atoms with Crippen molar-refractivity contribution in [2.75, 3.05) is 18.0 Å². The molecule has 1 aromatic carbocycles. The summed E-state index contributed by atoms with van der Waals surface area (Å²) in [6, 6.07) is 12.0. The largest absolute Gasteiger partial charge is 0.357 e. The third kappa shape index (κ3) is 2.82. The SMILES string of the molecule is O=C1C=C(n2ncc3cc(-c4cccc(N5CCCC5)n4)ccc32)S(=O)N1. The highest BCUT2D eigenvalue weighted by molar-refractivity contribution is 7.93. The van der Waals surface area contributed by atoms with Gasteiger partial charge in [0.1, 0.15) is 5.82 Å². The summed E-state index contributed by atoms with van der Waals surface area (Å²) >= 11 is 0. The molecule has 2 aliphatic heterocycles. The van der Waals surface area contributed by atoms with Gasteiger partial charge in [-0.2, -0.15) is 5.10 Å². The summed E-state index contributed by atoms with van der Waals surface area (Å²) in [5.41, 5.74) is 2.71. The molecule has 2 aromatic heterocycles. The molecule has 0 spiro atoms. The standard InChI is InChI=1S/C19H17N5O2S/c25-18-11-19(27(26)22-18)24-16-7-6-13(10-14(16)12-20-24)15-4-3-5-17(21-15)23-8-1-2-9-23/h3-7,10-12H,1-2,8-9H2,(H,22,25). The van der Waals surface area contributed by atoms with Crippen LogP contribution in [0.1, 0.15) is 12.8 Å². The van der Waals surface area contributed by atoms with E-state index in [0.29, 0.717) is 5.03 Å². The van der Waals surface area contributed by atoms with Crippen LogP contribution in [0.25, 0.3) is 27.2 Å². The van der Waals surface area contributed by atoms with Gasteiger partial charge in [0.25, 0.3) is 5.91 Å². The summed E-state index contributed by atoms with van der Waals surface area (Å²) in [6.45, 7) is 2.11. The van der Waals surface area contributed by atoms with Gasteiger partial charge in [0.2, 0.25) is 0 Å². The number of rotatable bonds is 3. The summed E-state index contributed by atoms with van der Waals surface area (Å²) in [6.07, 6.45) is 5.46. The van der Waals surface area contributed by atoms with Crippen molar-refractivity contribution in [2.45, 2.75) is 12.8 Å². The van der Waals surface area contributed by atoms with Crippen molar-refractivity contribution < 1.29 is 9.00 Å². The Morgan fingerprint density at radius 3 is 2.74 bits per heavy atom. The van der Waals surface area contributed by atoms with E-state index in [1.807, 2.05) is 30.3 Å². The van der Waals surface area contributed by atoms with Crippen LogP contribution < -0.4 is 9.62 Å². The van der Waals surface area contributed by atoms with E-state index < -0.39 is 11.0 Å². The third-order valence-electron chi connectivity index (χ3n) is 4.87. The van der Waals surface area contributed by atoms with Gasteiger partial charge in [0.15, 0.2) is 16.0 Å². The van der Waals surface area contributed by atoms with Gasteiger partial charge < -0.3 is 4.90 Å². The molecule has 1 N–H and O–H groups in total. The third-order valence-corrected chi connectivity index (χ3v) is 5.93. The van der Waals surface area contributed by atoms with Crippen LogP contribution in [0.15, 0.2) is 48.7 Å². The fraction of sp³-hybridized carbons (Fsp3) is 0.211. The monoisotopic (exact) mass is 379 g/mol. The maximum Gasteiger partial charge on any atom is 0.258 e. The van der Waals surface area contributed by atoms with Crippen LogP contribution >= 0.6 is 0 Å². The van der Waals surface area contributed by atoms with Gasteiger partial charge >= 0.3 is 0 Å². The first kappa shape index (κ1) is 16.2. The van der Waals surface area contributed by atoms with Crippen LogP contribution in [0.5, 0.6) is 0 Å². The van der Waals surface area contributed by atoms with E-state index in [0.717, 1.165) is 41.1 Å². The van der Waals surface area contributed by atoms with Gasteiger partial charge in [-0.15, -0.1) is 0 Å². The molecular weight excluding hydrogens is 362 g/mol. The maximum atomic E-state index is 12.0. The Labute approximate surface area is 158 Å². The molecule has 1 atom stereocenters. The van der Waals surface area contributed by atoms with Crippen LogP contribution in [0.2, 0.25) is 0 Å². The number of amides is 1. The zero-order chi connectivity index (χ0) is 18.4. The fourth-order valence-electron chi connectivity index (χ4n) is 3.55. The Hall–Kier alpha value is -3.00. The van der Waals surface area contributed by atoms with Crippen molar-refractivity contribution in [3.63, 3.8) is 0 Å². The highest BCUT2D eigenvalue weighted by Crippen LogP contribution is 2.28. The predicted molar refractivity (Wildman–Crippen MR) is 105 cm³/mol. The van der Waals surface area contributed by atoms with Crippen LogP contribution in [-0.2, 0) is 15.8 Å². The van der Waals surface area contributed by atoms with E-state index in [-0.39, 0.29) is 5.91 Å². The molecule has 2 aliphatic rings. The van der Waals surface area contributed by atoms with E-state index in [2.05, 4.69) is 20.8 Å². The van der Waals surface area contributed by atoms with E-state index in [9.17, 15) is 9.00 Å². The van der Waals surface area contributed by atoms with Crippen molar-refractivity contribution >= 4 is 38.6 Å². The molecular formula is C19H17N5O2S. The Kier molecular flexibility index (Phi) is 3.78. The number of nitrogens with one attached hydrogen (secondary N) is 1. The van der Waals surface area contributed by atoms with Gasteiger partial charge in [0.05, 0.1) is 17.4 Å². The predicted octanol–water partition coefficient (Wildman–Crippen LogP) is 2.29. The quantitative estimate of drug-likeness (QED) is 0.755. The highest BCUT2D eigenvalue weighted by Gasteiger charge is 2.23. The molecule has 0 bridgehead atoms. The van der Waals surface area contributed by atoms with Gasteiger partial charge in [-0.1, -0.05) is 12.1 Å². The molecule has 0 saturated carbocycles. The van der Waals surface area contributed by atoms with E-state index >= 15 is 0 Å². The second-order valence-electron chi connectivity index (χ2n) is 6.62. The minimum absolute atomic E-state index is 0.344. The second kappa shape index (κ2) is 6.31. The van der Waals surface area contributed by atoms with Gasteiger partial charge in [-0.3, -0.25) is 9.52 Å². The lowest BCUT2D eigenvalue weighted by molar-refractivity contribution is -0.114. The first-order valence-electron chi connectivity index (χ1n) is 8.84. The number of hydrogen-bond acceptors (Lipinski definition) is 5. The molecule has 4 heterocycles. The second-order valence-corrected chi connectivity index (χ2v) is 7.78. The smallest absolute Gasteiger partial charge is 0.258 e. The molecule has 1 amide bonds. The van der Waals surface area contributed by atoms with Crippen molar-refractivity contribution in [3.05, 3.63) is 48.7 Å². The lowest BCUT2D eigenvalue weighted by Crippen LogP contribution is -2.18. The number of aromatic nitrogens is 3. The topological polar surface area (TPSA) is 80.1 Å². The molecule has 1 saturated heterocycles. The minimum atomic E-state index is -1.58. The maximum absolute atomic E-state index is 12.0. The first-order chi connectivity index (χ1) is 13.2.